The summed E-state index contributed by atoms with van der Waals surface area (Å²) in [5.74, 6) is 1.55. The van der Waals surface area contributed by atoms with E-state index in [2.05, 4.69) is 20.8 Å². The van der Waals surface area contributed by atoms with Crippen molar-refractivity contribution >= 4 is 5.97 Å². The molecule has 0 amide bonds. The lowest BCUT2D eigenvalue weighted by molar-refractivity contribution is -0.131. The Morgan fingerprint density at radius 3 is 2.19 bits per heavy atom. The molecule has 0 bridgehead atoms. The highest BCUT2D eigenvalue weighted by Crippen LogP contribution is 2.28. The first-order chi connectivity index (χ1) is 7.54. The number of ether oxygens (including phenoxy) is 1. The molecule has 0 aliphatic carbocycles. The Morgan fingerprint density at radius 2 is 1.81 bits per heavy atom. The number of carbonyl (C=O) groups is 1. The SMILES string of the molecule is CCC(c1ccc(OC(C)=O)cc1)C(C)C. The molecule has 0 saturated heterocycles. The maximum absolute atomic E-state index is 10.8. The maximum Gasteiger partial charge on any atom is 0.308 e. The molecule has 2 nitrogen and oxygen atoms in total. The van der Waals surface area contributed by atoms with Gasteiger partial charge in [-0.3, -0.25) is 4.79 Å². The van der Waals surface area contributed by atoms with Gasteiger partial charge in [-0.25, -0.2) is 0 Å². The van der Waals surface area contributed by atoms with E-state index in [9.17, 15) is 4.79 Å². The number of hydrogen-bond donors (Lipinski definition) is 0. The molecule has 0 N–H and O–H groups in total. The molecule has 1 unspecified atom stereocenters. The summed E-state index contributed by atoms with van der Waals surface area (Å²) in [6.07, 6.45) is 1.13. The predicted octanol–water partition coefficient (Wildman–Crippen LogP) is 3.76. The summed E-state index contributed by atoms with van der Waals surface area (Å²) in [4.78, 5) is 10.8. The fourth-order valence-electron chi connectivity index (χ4n) is 2.04. The Balaban J connectivity index is 2.80. The van der Waals surface area contributed by atoms with E-state index in [4.69, 9.17) is 4.74 Å². The van der Waals surface area contributed by atoms with Crippen LogP contribution in [0.1, 0.15) is 45.6 Å². The Labute approximate surface area is 97.6 Å². The van der Waals surface area contributed by atoms with Crippen LogP contribution in [0.25, 0.3) is 0 Å². The largest absolute Gasteiger partial charge is 0.427 e. The van der Waals surface area contributed by atoms with Gasteiger partial charge in [-0.1, -0.05) is 32.9 Å². The standard InChI is InChI=1S/C14H20O2/c1-5-14(10(2)3)12-6-8-13(9-7-12)16-11(4)15/h6-10,14H,5H2,1-4H3. The molecule has 1 rings (SSSR count). The smallest absolute Gasteiger partial charge is 0.308 e. The van der Waals surface area contributed by atoms with E-state index in [1.807, 2.05) is 24.3 Å². The van der Waals surface area contributed by atoms with Crippen molar-refractivity contribution in [2.45, 2.75) is 40.0 Å². The number of hydrogen-bond acceptors (Lipinski definition) is 2. The van der Waals surface area contributed by atoms with E-state index in [-0.39, 0.29) is 5.97 Å². The molecular weight excluding hydrogens is 200 g/mol. The van der Waals surface area contributed by atoms with Crippen LogP contribution in [-0.2, 0) is 4.79 Å². The van der Waals surface area contributed by atoms with Gasteiger partial charge in [0, 0.05) is 6.92 Å². The van der Waals surface area contributed by atoms with Crippen molar-refractivity contribution in [2.75, 3.05) is 0 Å². The molecule has 0 radical (unpaired) electrons. The zero-order valence-electron chi connectivity index (χ0n) is 10.5. The van der Waals surface area contributed by atoms with Gasteiger partial charge in [0.25, 0.3) is 0 Å². The van der Waals surface area contributed by atoms with Crippen molar-refractivity contribution < 1.29 is 9.53 Å². The average molecular weight is 220 g/mol. The summed E-state index contributed by atoms with van der Waals surface area (Å²) in [5, 5.41) is 0. The molecule has 1 aromatic carbocycles. The van der Waals surface area contributed by atoms with Crippen LogP contribution >= 0.6 is 0 Å². The summed E-state index contributed by atoms with van der Waals surface area (Å²) < 4.78 is 5.00. The zero-order valence-corrected chi connectivity index (χ0v) is 10.5. The fourth-order valence-corrected chi connectivity index (χ4v) is 2.04. The Hall–Kier alpha value is -1.31. The lowest BCUT2D eigenvalue weighted by atomic mass is 9.86. The molecule has 0 aromatic heterocycles. The molecule has 88 valence electrons. The van der Waals surface area contributed by atoms with Gasteiger partial charge in [0.15, 0.2) is 0 Å². The molecule has 2 heteroatoms. The van der Waals surface area contributed by atoms with E-state index in [0.29, 0.717) is 17.6 Å². The van der Waals surface area contributed by atoms with Crippen molar-refractivity contribution in [3.63, 3.8) is 0 Å². The van der Waals surface area contributed by atoms with Crippen LogP contribution in [0.15, 0.2) is 24.3 Å². The summed E-state index contributed by atoms with van der Waals surface area (Å²) in [6.45, 7) is 8.07. The molecule has 0 aliphatic heterocycles. The second-order valence-electron chi connectivity index (χ2n) is 4.42. The molecule has 0 fully saturated rings. The van der Waals surface area contributed by atoms with Crippen LogP contribution in [0.5, 0.6) is 5.75 Å². The van der Waals surface area contributed by atoms with Crippen molar-refractivity contribution in [3.05, 3.63) is 29.8 Å². The lowest BCUT2D eigenvalue weighted by Crippen LogP contribution is -2.06. The minimum absolute atomic E-state index is 0.274. The third-order valence-electron chi connectivity index (χ3n) is 2.81. The second-order valence-corrected chi connectivity index (χ2v) is 4.42. The first-order valence-corrected chi connectivity index (χ1v) is 5.83. The van der Waals surface area contributed by atoms with E-state index >= 15 is 0 Å². The van der Waals surface area contributed by atoms with Crippen molar-refractivity contribution in [1.82, 2.24) is 0 Å². The molecule has 0 saturated carbocycles. The lowest BCUT2D eigenvalue weighted by Gasteiger charge is -2.19. The topological polar surface area (TPSA) is 26.3 Å². The van der Waals surface area contributed by atoms with Crippen LogP contribution in [0, 0.1) is 5.92 Å². The van der Waals surface area contributed by atoms with E-state index in [0.717, 1.165) is 6.42 Å². The van der Waals surface area contributed by atoms with Gasteiger partial charge in [0.2, 0.25) is 0 Å². The normalized spacial score (nSPS) is 12.6. The maximum atomic E-state index is 10.8. The molecule has 16 heavy (non-hydrogen) atoms. The van der Waals surface area contributed by atoms with Crippen LogP contribution < -0.4 is 4.74 Å². The second kappa shape index (κ2) is 5.69. The number of benzene rings is 1. The third-order valence-corrected chi connectivity index (χ3v) is 2.81. The van der Waals surface area contributed by atoms with Gasteiger partial charge in [-0.15, -0.1) is 0 Å². The summed E-state index contributed by atoms with van der Waals surface area (Å²) >= 11 is 0. The van der Waals surface area contributed by atoms with Gasteiger partial charge in [-0.05, 0) is 36.0 Å². The van der Waals surface area contributed by atoms with E-state index in [1.165, 1.54) is 12.5 Å². The molecule has 1 aromatic rings. The van der Waals surface area contributed by atoms with Crippen molar-refractivity contribution in [2.24, 2.45) is 5.92 Å². The number of rotatable bonds is 4. The summed E-state index contributed by atoms with van der Waals surface area (Å²) in [7, 11) is 0. The minimum atomic E-state index is -0.274. The monoisotopic (exact) mass is 220 g/mol. The van der Waals surface area contributed by atoms with Gasteiger partial charge in [-0.2, -0.15) is 0 Å². The van der Waals surface area contributed by atoms with Gasteiger partial charge in [0.1, 0.15) is 5.75 Å². The first-order valence-electron chi connectivity index (χ1n) is 5.83. The minimum Gasteiger partial charge on any atom is -0.427 e. The number of esters is 1. The van der Waals surface area contributed by atoms with Crippen molar-refractivity contribution in [1.29, 1.82) is 0 Å². The highest BCUT2D eigenvalue weighted by Gasteiger charge is 2.13. The third kappa shape index (κ3) is 3.37. The van der Waals surface area contributed by atoms with Gasteiger partial charge >= 0.3 is 5.97 Å². The molecule has 0 heterocycles. The van der Waals surface area contributed by atoms with Gasteiger partial charge in [0.05, 0.1) is 0 Å². The zero-order chi connectivity index (χ0) is 12.1. The van der Waals surface area contributed by atoms with Crippen LogP contribution in [0.4, 0.5) is 0 Å². The Morgan fingerprint density at radius 1 is 1.25 bits per heavy atom. The van der Waals surface area contributed by atoms with Gasteiger partial charge < -0.3 is 4.74 Å². The highest BCUT2D eigenvalue weighted by atomic mass is 16.5. The van der Waals surface area contributed by atoms with E-state index < -0.39 is 0 Å². The summed E-state index contributed by atoms with van der Waals surface area (Å²) in [5.41, 5.74) is 1.31. The van der Waals surface area contributed by atoms with Crippen LogP contribution in [0.2, 0.25) is 0 Å². The number of carbonyl (C=O) groups excluding carboxylic acids is 1. The van der Waals surface area contributed by atoms with Crippen LogP contribution in [0.3, 0.4) is 0 Å². The summed E-state index contributed by atoms with van der Waals surface area (Å²) in [6, 6.07) is 7.82. The molecule has 0 spiro atoms. The fraction of sp³-hybridized carbons (Fsp3) is 0.500. The Bertz CT molecular complexity index is 338. The van der Waals surface area contributed by atoms with Crippen LogP contribution in [-0.4, -0.2) is 5.97 Å². The first kappa shape index (κ1) is 12.8. The molecule has 1 atom stereocenters. The quantitative estimate of drug-likeness (QED) is 0.570. The molecular formula is C14H20O2. The van der Waals surface area contributed by atoms with Crippen molar-refractivity contribution in [3.8, 4) is 5.75 Å². The Kier molecular flexibility index (Phi) is 4.53. The van der Waals surface area contributed by atoms with E-state index in [1.54, 1.807) is 0 Å². The average Bonchev–Trinajstić information content (AvgIpc) is 2.20. The predicted molar refractivity (Wildman–Crippen MR) is 65.6 cm³/mol. The highest BCUT2D eigenvalue weighted by molar-refractivity contribution is 5.69. The molecule has 0 aliphatic rings.